The lowest BCUT2D eigenvalue weighted by Gasteiger charge is -2.15. The fraction of sp³-hybridized carbons (Fsp3) is 0.700. The van der Waals surface area contributed by atoms with Crippen LogP contribution in [0, 0.1) is 5.92 Å². The van der Waals surface area contributed by atoms with Crippen molar-refractivity contribution in [3.8, 4) is 0 Å². The maximum atomic E-state index is 12.1. The Hall–Kier alpha value is -1.21. The zero-order valence-corrected chi connectivity index (χ0v) is 10.7. The standard InChI is InChI=1S/C10H16N4O2S/c1-6(15)7-3-4-14(5-7)9(16)8-12-13-10(11-2)17-8/h6-7,15H,3-5H2,1-2H3,(H,11,13). The van der Waals surface area contributed by atoms with E-state index < -0.39 is 0 Å². The molecule has 0 radical (unpaired) electrons. The highest BCUT2D eigenvalue weighted by molar-refractivity contribution is 7.17. The van der Waals surface area contributed by atoms with Crippen LogP contribution in [0.5, 0.6) is 0 Å². The van der Waals surface area contributed by atoms with Crippen molar-refractivity contribution < 1.29 is 9.90 Å². The normalized spacial score (nSPS) is 21.6. The summed E-state index contributed by atoms with van der Waals surface area (Å²) in [5.74, 6) is 0.0859. The average Bonchev–Trinajstić information content (AvgIpc) is 2.97. The number of rotatable bonds is 3. The largest absolute Gasteiger partial charge is 0.393 e. The van der Waals surface area contributed by atoms with Gasteiger partial charge in [0.25, 0.3) is 5.91 Å². The Kier molecular flexibility index (Phi) is 3.58. The first-order valence-corrected chi connectivity index (χ1v) is 6.42. The van der Waals surface area contributed by atoms with Crippen LogP contribution in [0.1, 0.15) is 23.1 Å². The molecule has 1 saturated heterocycles. The van der Waals surface area contributed by atoms with E-state index in [4.69, 9.17) is 0 Å². The molecule has 0 saturated carbocycles. The number of aliphatic hydroxyl groups excluding tert-OH is 1. The summed E-state index contributed by atoms with van der Waals surface area (Å²) in [4.78, 5) is 13.8. The van der Waals surface area contributed by atoms with Crippen molar-refractivity contribution in [1.29, 1.82) is 0 Å². The van der Waals surface area contributed by atoms with E-state index in [9.17, 15) is 9.90 Å². The summed E-state index contributed by atoms with van der Waals surface area (Å²) in [6.07, 6.45) is 0.483. The van der Waals surface area contributed by atoms with Crippen LogP contribution >= 0.6 is 11.3 Å². The van der Waals surface area contributed by atoms with E-state index in [2.05, 4.69) is 15.5 Å². The van der Waals surface area contributed by atoms with Gasteiger partial charge < -0.3 is 15.3 Å². The molecule has 1 aliphatic rings. The molecule has 2 N–H and O–H groups in total. The molecule has 6 nitrogen and oxygen atoms in total. The number of nitrogens with zero attached hydrogens (tertiary/aromatic N) is 3. The van der Waals surface area contributed by atoms with Crippen LogP contribution in [0.2, 0.25) is 0 Å². The summed E-state index contributed by atoms with van der Waals surface area (Å²) in [5, 5.41) is 21.1. The summed E-state index contributed by atoms with van der Waals surface area (Å²) in [6.45, 7) is 3.05. The van der Waals surface area contributed by atoms with Crippen LogP contribution in [0.25, 0.3) is 0 Å². The van der Waals surface area contributed by atoms with Gasteiger partial charge in [0.1, 0.15) is 0 Å². The molecule has 2 heterocycles. The maximum absolute atomic E-state index is 12.1. The minimum absolute atomic E-state index is 0.0906. The lowest BCUT2D eigenvalue weighted by atomic mass is 10.0. The third-order valence-corrected chi connectivity index (χ3v) is 3.94. The Morgan fingerprint density at radius 2 is 2.41 bits per heavy atom. The van der Waals surface area contributed by atoms with Gasteiger partial charge in [-0.3, -0.25) is 4.79 Å². The van der Waals surface area contributed by atoms with Crippen molar-refractivity contribution in [2.75, 3.05) is 25.5 Å². The molecular weight excluding hydrogens is 240 g/mol. The molecule has 0 aromatic carbocycles. The molecule has 2 rings (SSSR count). The second kappa shape index (κ2) is 4.97. The Morgan fingerprint density at radius 1 is 1.65 bits per heavy atom. The van der Waals surface area contributed by atoms with Gasteiger partial charge in [-0.25, -0.2) is 0 Å². The van der Waals surface area contributed by atoms with Crippen molar-refractivity contribution in [2.24, 2.45) is 5.92 Å². The van der Waals surface area contributed by atoms with Crippen molar-refractivity contribution in [3.63, 3.8) is 0 Å². The van der Waals surface area contributed by atoms with Gasteiger partial charge in [0.05, 0.1) is 6.10 Å². The first-order valence-electron chi connectivity index (χ1n) is 5.60. The van der Waals surface area contributed by atoms with E-state index in [-0.39, 0.29) is 17.9 Å². The molecule has 0 aliphatic carbocycles. The lowest BCUT2D eigenvalue weighted by Crippen LogP contribution is -2.30. The highest BCUT2D eigenvalue weighted by Crippen LogP contribution is 2.23. The Bertz CT molecular complexity index is 407. The monoisotopic (exact) mass is 256 g/mol. The maximum Gasteiger partial charge on any atom is 0.284 e. The van der Waals surface area contributed by atoms with E-state index in [1.165, 1.54) is 11.3 Å². The van der Waals surface area contributed by atoms with Crippen LogP contribution in [0.4, 0.5) is 5.13 Å². The number of anilines is 1. The van der Waals surface area contributed by atoms with Crippen LogP contribution < -0.4 is 5.32 Å². The average molecular weight is 256 g/mol. The van der Waals surface area contributed by atoms with Crippen molar-refractivity contribution in [3.05, 3.63) is 5.01 Å². The number of aliphatic hydroxyl groups is 1. The van der Waals surface area contributed by atoms with E-state index in [1.54, 1.807) is 18.9 Å². The third kappa shape index (κ3) is 2.55. The Morgan fingerprint density at radius 3 is 2.94 bits per heavy atom. The van der Waals surface area contributed by atoms with Crippen molar-refractivity contribution in [1.82, 2.24) is 15.1 Å². The fourth-order valence-electron chi connectivity index (χ4n) is 1.91. The molecule has 1 aromatic heterocycles. The molecule has 1 amide bonds. The predicted octanol–water partition coefficient (Wildman–Crippen LogP) is 0.423. The third-order valence-electron chi connectivity index (χ3n) is 3.02. The van der Waals surface area contributed by atoms with Gasteiger partial charge in [0.2, 0.25) is 10.1 Å². The van der Waals surface area contributed by atoms with Crippen LogP contribution in [-0.4, -0.2) is 52.4 Å². The summed E-state index contributed by atoms with van der Waals surface area (Å²) < 4.78 is 0. The number of hydrogen-bond acceptors (Lipinski definition) is 6. The lowest BCUT2D eigenvalue weighted by molar-refractivity contribution is 0.0761. The summed E-state index contributed by atoms with van der Waals surface area (Å²) in [6, 6.07) is 0. The van der Waals surface area contributed by atoms with Crippen LogP contribution in [-0.2, 0) is 0 Å². The Balaban J connectivity index is 2.01. The molecule has 94 valence electrons. The first-order chi connectivity index (χ1) is 8.11. The SMILES string of the molecule is CNc1nnc(C(=O)N2CCC(C(C)O)C2)s1. The minimum Gasteiger partial charge on any atom is -0.393 e. The van der Waals surface area contributed by atoms with Gasteiger partial charge in [-0.1, -0.05) is 11.3 Å². The van der Waals surface area contributed by atoms with Gasteiger partial charge in [-0.2, -0.15) is 0 Å². The zero-order chi connectivity index (χ0) is 12.4. The molecule has 1 aromatic rings. The van der Waals surface area contributed by atoms with Crippen LogP contribution in [0.3, 0.4) is 0 Å². The van der Waals surface area contributed by atoms with Crippen LogP contribution in [0.15, 0.2) is 0 Å². The second-order valence-corrected chi connectivity index (χ2v) is 5.18. The minimum atomic E-state index is -0.366. The number of hydrogen-bond donors (Lipinski definition) is 2. The first kappa shape index (κ1) is 12.3. The van der Waals surface area contributed by atoms with Crippen molar-refractivity contribution in [2.45, 2.75) is 19.4 Å². The van der Waals surface area contributed by atoms with Gasteiger partial charge >= 0.3 is 0 Å². The molecule has 0 bridgehead atoms. The topological polar surface area (TPSA) is 78.4 Å². The molecular formula is C10H16N4O2S. The molecule has 0 spiro atoms. The number of carbonyl (C=O) groups excluding carboxylic acids is 1. The van der Waals surface area contributed by atoms with Gasteiger partial charge in [-0.05, 0) is 13.3 Å². The number of nitrogens with one attached hydrogen (secondary N) is 1. The highest BCUT2D eigenvalue weighted by atomic mass is 32.1. The van der Waals surface area contributed by atoms with E-state index in [0.29, 0.717) is 23.2 Å². The van der Waals surface area contributed by atoms with E-state index in [0.717, 1.165) is 6.42 Å². The summed E-state index contributed by atoms with van der Waals surface area (Å²) in [7, 11) is 1.74. The van der Waals surface area contributed by atoms with E-state index >= 15 is 0 Å². The zero-order valence-electron chi connectivity index (χ0n) is 9.88. The van der Waals surface area contributed by atoms with E-state index in [1.807, 2.05) is 0 Å². The van der Waals surface area contributed by atoms with Gasteiger partial charge in [0.15, 0.2) is 0 Å². The van der Waals surface area contributed by atoms with Crippen molar-refractivity contribution >= 4 is 22.4 Å². The molecule has 7 heteroatoms. The van der Waals surface area contributed by atoms with Gasteiger partial charge in [-0.15, -0.1) is 10.2 Å². The summed E-state index contributed by atoms with van der Waals surface area (Å²) >= 11 is 1.25. The highest BCUT2D eigenvalue weighted by Gasteiger charge is 2.31. The van der Waals surface area contributed by atoms with Gasteiger partial charge in [0, 0.05) is 26.1 Å². The Labute approximate surface area is 104 Å². The second-order valence-electron chi connectivity index (χ2n) is 4.20. The molecule has 1 fully saturated rings. The number of carbonyl (C=O) groups is 1. The predicted molar refractivity (Wildman–Crippen MR) is 65.1 cm³/mol. The molecule has 17 heavy (non-hydrogen) atoms. The fourth-order valence-corrected chi connectivity index (χ4v) is 2.58. The smallest absolute Gasteiger partial charge is 0.284 e. The summed E-state index contributed by atoms with van der Waals surface area (Å²) in [5.41, 5.74) is 0. The molecule has 2 unspecified atom stereocenters. The number of aromatic nitrogens is 2. The molecule has 2 atom stereocenters. The number of amides is 1. The molecule has 1 aliphatic heterocycles. The number of likely N-dealkylation sites (tertiary alicyclic amines) is 1. The quantitative estimate of drug-likeness (QED) is 0.819.